The molecule has 6 nitrogen and oxygen atoms in total. The molecule has 1 rings (SSSR count). The van der Waals surface area contributed by atoms with Crippen molar-refractivity contribution in [3.8, 4) is 0 Å². The molecule has 0 aliphatic rings. The second-order valence-corrected chi connectivity index (χ2v) is 6.33. The standard InChI is InChI=1S/C13H20N2O4S/c16-13(14-17)10-6-1-2-7-11-20(18,19)15-12-8-4-3-5-9-12/h3-5,8-9,15,17H,1-2,6-7,10-11H2,(H,14,16). The van der Waals surface area contributed by atoms with Crippen molar-refractivity contribution < 1.29 is 18.4 Å². The Labute approximate surface area is 119 Å². The molecular weight excluding hydrogens is 280 g/mol. The van der Waals surface area contributed by atoms with Crippen LogP contribution in [0.4, 0.5) is 5.69 Å². The van der Waals surface area contributed by atoms with Gasteiger partial charge in [-0.15, -0.1) is 0 Å². The van der Waals surface area contributed by atoms with Gasteiger partial charge < -0.3 is 0 Å². The van der Waals surface area contributed by atoms with Crippen LogP contribution in [0, 0.1) is 0 Å². The van der Waals surface area contributed by atoms with E-state index in [-0.39, 0.29) is 12.2 Å². The summed E-state index contributed by atoms with van der Waals surface area (Å²) >= 11 is 0. The first-order valence-corrected chi connectivity index (χ1v) is 8.17. The van der Waals surface area contributed by atoms with Crippen LogP contribution in [0.1, 0.15) is 32.1 Å². The van der Waals surface area contributed by atoms with E-state index < -0.39 is 15.9 Å². The van der Waals surface area contributed by atoms with Gasteiger partial charge in [-0.1, -0.05) is 31.0 Å². The summed E-state index contributed by atoms with van der Waals surface area (Å²) < 4.78 is 26.1. The second kappa shape index (κ2) is 8.55. The van der Waals surface area contributed by atoms with Crippen LogP contribution in [0.2, 0.25) is 0 Å². The monoisotopic (exact) mass is 300 g/mol. The average Bonchev–Trinajstić information content (AvgIpc) is 2.43. The lowest BCUT2D eigenvalue weighted by molar-refractivity contribution is -0.129. The lowest BCUT2D eigenvalue weighted by Gasteiger charge is -2.07. The number of sulfonamides is 1. The predicted molar refractivity (Wildman–Crippen MR) is 76.9 cm³/mol. The third-order valence-electron chi connectivity index (χ3n) is 2.74. The number of benzene rings is 1. The summed E-state index contributed by atoms with van der Waals surface area (Å²) in [7, 11) is -3.31. The van der Waals surface area contributed by atoms with Crippen molar-refractivity contribution in [3.63, 3.8) is 0 Å². The number of amides is 1. The number of para-hydroxylation sites is 1. The minimum absolute atomic E-state index is 0.0636. The van der Waals surface area contributed by atoms with Crippen molar-refractivity contribution >= 4 is 21.6 Å². The molecule has 0 atom stereocenters. The molecule has 0 heterocycles. The van der Waals surface area contributed by atoms with Gasteiger partial charge >= 0.3 is 0 Å². The summed E-state index contributed by atoms with van der Waals surface area (Å²) in [5.41, 5.74) is 2.12. The highest BCUT2D eigenvalue weighted by molar-refractivity contribution is 7.92. The van der Waals surface area contributed by atoms with E-state index in [1.807, 2.05) is 6.07 Å². The fourth-order valence-corrected chi connectivity index (χ4v) is 2.91. The Morgan fingerprint density at radius 2 is 1.70 bits per heavy atom. The highest BCUT2D eigenvalue weighted by atomic mass is 32.2. The molecule has 7 heteroatoms. The molecule has 0 spiro atoms. The summed E-state index contributed by atoms with van der Waals surface area (Å²) in [4.78, 5) is 10.7. The Bertz CT molecular complexity index is 502. The number of hydroxylamine groups is 1. The van der Waals surface area contributed by atoms with Crippen molar-refractivity contribution in [3.05, 3.63) is 30.3 Å². The average molecular weight is 300 g/mol. The molecule has 112 valence electrons. The van der Waals surface area contributed by atoms with Gasteiger partial charge in [0, 0.05) is 12.1 Å². The van der Waals surface area contributed by atoms with Gasteiger partial charge in [-0.3, -0.25) is 14.7 Å². The van der Waals surface area contributed by atoms with Crippen LogP contribution < -0.4 is 10.2 Å². The first-order valence-electron chi connectivity index (χ1n) is 6.52. The highest BCUT2D eigenvalue weighted by Gasteiger charge is 2.09. The van der Waals surface area contributed by atoms with E-state index in [2.05, 4.69) is 4.72 Å². The molecule has 0 aliphatic heterocycles. The molecule has 0 saturated heterocycles. The van der Waals surface area contributed by atoms with Crippen LogP contribution in [0.15, 0.2) is 30.3 Å². The smallest absolute Gasteiger partial charge is 0.243 e. The van der Waals surface area contributed by atoms with Crippen LogP contribution >= 0.6 is 0 Å². The summed E-state index contributed by atoms with van der Waals surface area (Å²) in [6.07, 6.45) is 2.93. The van der Waals surface area contributed by atoms with Crippen molar-refractivity contribution in [1.82, 2.24) is 5.48 Å². The van der Waals surface area contributed by atoms with Gasteiger partial charge in [0.05, 0.1) is 5.75 Å². The van der Waals surface area contributed by atoms with Gasteiger partial charge in [0.2, 0.25) is 15.9 Å². The van der Waals surface area contributed by atoms with Crippen molar-refractivity contribution in [2.24, 2.45) is 0 Å². The Morgan fingerprint density at radius 1 is 1.05 bits per heavy atom. The molecular formula is C13H20N2O4S. The topological polar surface area (TPSA) is 95.5 Å². The molecule has 1 aromatic carbocycles. The minimum Gasteiger partial charge on any atom is -0.289 e. The first-order chi connectivity index (χ1) is 9.53. The Balaban J connectivity index is 2.19. The van der Waals surface area contributed by atoms with Crippen LogP contribution in [-0.4, -0.2) is 25.3 Å². The number of hydrogen-bond donors (Lipinski definition) is 3. The molecule has 0 radical (unpaired) electrons. The number of unbranched alkanes of at least 4 members (excludes halogenated alkanes) is 3. The van der Waals surface area contributed by atoms with E-state index >= 15 is 0 Å². The lowest BCUT2D eigenvalue weighted by atomic mass is 10.1. The van der Waals surface area contributed by atoms with Gasteiger partial charge in [0.25, 0.3) is 0 Å². The molecule has 0 aromatic heterocycles. The van der Waals surface area contributed by atoms with Crippen LogP contribution in [0.3, 0.4) is 0 Å². The van der Waals surface area contributed by atoms with E-state index in [1.54, 1.807) is 29.7 Å². The molecule has 0 saturated carbocycles. The van der Waals surface area contributed by atoms with E-state index in [0.717, 1.165) is 12.8 Å². The Kier molecular flexibility index (Phi) is 7.03. The van der Waals surface area contributed by atoms with Gasteiger partial charge in [-0.05, 0) is 25.0 Å². The maximum absolute atomic E-state index is 11.8. The van der Waals surface area contributed by atoms with Crippen molar-refractivity contribution in [2.75, 3.05) is 10.5 Å². The van der Waals surface area contributed by atoms with Crippen molar-refractivity contribution in [1.29, 1.82) is 0 Å². The summed E-state index contributed by atoms with van der Waals surface area (Å²) in [6, 6.07) is 8.75. The molecule has 3 N–H and O–H groups in total. The molecule has 0 aliphatic carbocycles. The van der Waals surface area contributed by atoms with Crippen LogP contribution in [0.5, 0.6) is 0 Å². The first kappa shape index (κ1) is 16.5. The van der Waals surface area contributed by atoms with E-state index in [1.165, 1.54) is 0 Å². The molecule has 0 bridgehead atoms. The number of rotatable bonds is 9. The maximum atomic E-state index is 11.8. The molecule has 1 amide bonds. The third kappa shape index (κ3) is 7.10. The normalized spacial score (nSPS) is 11.1. The lowest BCUT2D eigenvalue weighted by Crippen LogP contribution is -2.18. The number of carbonyl (C=O) groups excluding carboxylic acids is 1. The maximum Gasteiger partial charge on any atom is 0.243 e. The molecule has 20 heavy (non-hydrogen) atoms. The zero-order valence-corrected chi connectivity index (χ0v) is 12.0. The number of hydrogen-bond acceptors (Lipinski definition) is 4. The number of carbonyl (C=O) groups is 1. The fraction of sp³-hybridized carbons (Fsp3) is 0.462. The zero-order chi connectivity index (χ0) is 14.8. The summed E-state index contributed by atoms with van der Waals surface area (Å²) in [5, 5.41) is 8.30. The largest absolute Gasteiger partial charge is 0.289 e. The van der Waals surface area contributed by atoms with E-state index in [4.69, 9.17) is 5.21 Å². The molecule has 0 unspecified atom stereocenters. The SMILES string of the molecule is O=C(CCCCCCS(=O)(=O)Nc1ccccc1)NO. The Morgan fingerprint density at radius 3 is 2.35 bits per heavy atom. The van der Waals surface area contributed by atoms with Gasteiger partial charge in [0.1, 0.15) is 0 Å². The van der Waals surface area contributed by atoms with Gasteiger partial charge in [-0.25, -0.2) is 13.9 Å². The minimum atomic E-state index is -3.31. The van der Waals surface area contributed by atoms with Gasteiger partial charge in [-0.2, -0.15) is 0 Å². The highest BCUT2D eigenvalue weighted by Crippen LogP contribution is 2.10. The Hall–Kier alpha value is -1.60. The van der Waals surface area contributed by atoms with Crippen LogP contribution in [0.25, 0.3) is 0 Å². The molecule has 0 fully saturated rings. The third-order valence-corrected chi connectivity index (χ3v) is 4.11. The summed E-state index contributed by atoms with van der Waals surface area (Å²) in [5.74, 6) is -0.350. The molecule has 1 aromatic rings. The van der Waals surface area contributed by atoms with Crippen LogP contribution in [-0.2, 0) is 14.8 Å². The fourth-order valence-electron chi connectivity index (χ4n) is 1.72. The number of anilines is 1. The predicted octanol–water partition coefficient (Wildman–Crippen LogP) is 1.88. The quantitative estimate of drug-likeness (QED) is 0.368. The van der Waals surface area contributed by atoms with Crippen molar-refractivity contribution in [2.45, 2.75) is 32.1 Å². The van der Waals surface area contributed by atoms with Gasteiger partial charge in [0.15, 0.2) is 0 Å². The summed E-state index contributed by atoms with van der Waals surface area (Å²) in [6.45, 7) is 0. The van der Waals surface area contributed by atoms with E-state index in [0.29, 0.717) is 18.5 Å². The zero-order valence-electron chi connectivity index (χ0n) is 11.2. The van der Waals surface area contributed by atoms with E-state index in [9.17, 15) is 13.2 Å². The number of nitrogens with one attached hydrogen (secondary N) is 2. The second-order valence-electron chi connectivity index (χ2n) is 4.49.